The fraction of sp³-hybridized carbons (Fsp3) is 0.318. The summed E-state index contributed by atoms with van der Waals surface area (Å²) in [5.41, 5.74) is 0.722. The van der Waals surface area contributed by atoms with Crippen molar-refractivity contribution >= 4 is 33.9 Å². The third kappa shape index (κ3) is 3.63. The van der Waals surface area contributed by atoms with Gasteiger partial charge in [-0.2, -0.15) is 0 Å². The molecule has 160 valence electrons. The Balaban J connectivity index is 1.78. The van der Waals surface area contributed by atoms with Crippen LogP contribution in [0.1, 0.15) is 44.5 Å². The molecule has 3 aromatic heterocycles. The maximum atomic E-state index is 13.0. The molecule has 4 aromatic rings. The molecular weight excluding hydrogens is 396 g/mol. The van der Waals surface area contributed by atoms with Crippen LogP contribution in [-0.2, 0) is 12.1 Å². The summed E-state index contributed by atoms with van der Waals surface area (Å²) in [7, 11) is 0. The van der Waals surface area contributed by atoms with Crippen LogP contribution < -0.4 is 16.6 Å². The lowest BCUT2D eigenvalue weighted by Crippen LogP contribution is -2.31. The molecule has 3 heterocycles. The number of aromatic nitrogens is 5. The molecule has 0 fully saturated rings. The highest BCUT2D eigenvalue weighted by molar-refractivity contribution is 6.05. The number of hydrogen-bond donors (Lipinski definition) is 2. The summed E-state index contributed by atoms with van der Waals surface area (Å²) in [6.07, 6.45) is 2.07. The molecule has 0 radical (unpaired) electrons. The van der Waals surface area contributed by atoms with Crippen molar-refractivity contribution in [2.45, 2.75) is 46.2 Å². The Labute approximate surface area is 177 Å². The fourth-order valence-electron chi connectivity index (χ4n) is 3.69. The molecule has 0 bridgehead atoms. The van der Waals surface area contributed by atoms with Crippen molar-refractivity contribution < 1.29 is 4.79 Å². The van der Waals surface area contributed by atoms with Gasteiger partial charge in [0.1, 0.15) is 5.65 Å². The van der Waals surface area contributed by atoms with Crippen molar-refractivity contribution in [1.82, 2.24) is 24.1 Å². The van der Waals surface area contributed by atoms with Gasteiger partial charge in [0.05, 0.1) is 22.0 Å². The summed E-state index contributed by atoms with van der Waals surface area (Å²) in [5.74, 6) is -0.0356. The number of imidazole rings is 1. The first-order chi connectivity index (χ1) is 14.7. The minimum absolute atomic E-state index is 0.185. The van der Waals surface area contributed by atoms with Crippen molar-refractivity contribution in [1.29, 1.82) is 0 Å². The third-order valence-corrected chi connectivity index (χ3v) is 5.00. The number of nitrogens with zero attached hydrogens (tertiary/aromatic N) is 4. The van der Waals surface area contributed by atoms with E-state index >= 15 is 0 Å². The third-order valence-electron chi connectivity index (χ3n) is 5.00. The first-order valence-corrected chi connectivity index (χ1v) is 10.1. The van der Waals surface area contributed by atoms with Gasteiger partial charge in [-0.3, -0.25) is 24.5 Å². The number of rotatable bonds is 4. The smallest absolute Gasteiger partial charge is 0.305 e. The first kappa shape index (κ1) is 20.5. The number of carbonyl (C=O) groups is 1. The number of benzene rings is 1. The average Bonchev–Trinajstić information content (AvgIpc) is 3.09. The Morgan fingerprint density at radius 1 is 1.19 bits per heavy atom. The normalized spacial score (nSPS) is 11.9. The Kier molecular flexibility index (Phi) is 4.96. The van der Waals surface area contributed by atoms with Crippen LogP contribution in [0.2, 0.25) is 0 Å². The van der Waals surface area contributed by atoms with Crippen molar-refractivity contribution in [2.24, 2.45) is 0 Å². The number of anilines is 1. The number of aryl methyl sites for hydroxylation is 1. The second kappa shape index (κ2) is 7.50. The molecule has 9 heteroatoms. The van der Waals surface area contributed by atoms with Crippen LogP contribution in [0.15, 0.2) is 46.1 Å². The molecule has 0 aliphatic carbocycles. The lowest BCUT2D eigenvalue weighted by Gasteiger charge is -2.24. The molecule has 31 heavy (non-hydrogen) atoms. The van der Waals surface area contributed by atoms with Crippen LogP contribution in [0, 0.1) is 0 Å². The molecule has 1 aromatic carbocycles. The molecule has 0 saturated carbocycles. The fourth-order valence-corrected chi connectivity index (χ4v) is 3.69. The van der Waals surface area contributed by atoms with Crippen molar-refractivity contribution in [3.63, 3.8) is 0 Å². The summed E-state index contributed by atoms with van der Waals surface area (Å²) in [5, 5.41) is 3.04. The van der Waals surface area contributed by atoms with E-state index < -0.39 is 17.2 Å². The number of para-hydroxylation sites is 2. The largest absolute Gasteiger partial charge is 0.329 e. The van der Waals surface area contributed by atoms with Crippen LogP contribution in [0.5, 0.6) is 0 Å². The number of carbonyl (C=O) groups excluding carboxylic acids is 1. The number of aromatic amines is 1. The monoisotopic (exact) mass is 420 g/mol. The van der Waals surface area contributed by atoms with Crippen LogP contribution >= 0.6 is 0 Å². The molecule has 0 atom stereocenters. The first-order valence-electron chi connectivity index (χ1n) is 10.1. The molecule has 1 amide bonds. The molecule has 0 unspecified atom stereocenters. The molecule has 4 rings (SSSR count). The summed E-state index contributed by atoms with van der Waals surface area (Å²) < 4.78 is 3.36. The van der Waals surface area contributed by atoms with Crippen LogP contribution in [-0.4, -0.2) is 30.0 Å². The summed E-state index contributed by atoms with van der Waals surface area (Å²) in [6.45, 7) is 8.43. The van der Waals surface area contributed by atoms with Gasteiger partial charge in [-0.05, 0) is 45.4 Å². The van der Waals surface area contributed by atoms with Gasteiger partial charge in [-0.1, -0.05) is 19.1 Å². The Morgan fingerprint density at radius 3 is 2.65 bits per heavy atom. The van der Waals surface area contributed by atoms with E-state index in [4.69, 9.17) is 0 Å². The standard InChI is InChI=1S/C22H24N6O3/c1-5-10-27-17-14(19(30)26-21(27)31)11-13(12-23-17)18(29)25-20-24-15-8-6-7-9-16(15)28(20)22(2,3)4/h6-9,11-12H,5,10H2,1-4H3,(H,24,25,29)(H,26,30,31). The predicted octanol–water partition coefficient (Wildman–Crippen LogP) is 2.85. The van der Waals surface area contributed by atoms with Crippen LogP contribution in [0.25, 0.3) is 22.1 Å². The SMILES string of the molecule is CCCn1c(=O)[nH]c(=O)c2cc(C(=O)Nc3nc4ccccc4n3C(C)(C)C)cnc21. The van der Waals surface area contributed by atoms with Gasteiger partial charge in [0.15, 0.2) is 0 Å². The second-order valence-corrected chi connectivity index (χ2v) is 8.39. The van der Waals surface area contributed by atoms with Crippen molar-refractivity contribution in [3.05, 3.63) is 62.9 Å². The van der Waals surface area contributed by atoms with Gasteiger partial charge in [-0.15, -0.1) is 0 Å². The number of hydrogen-bond acceptors (Lipinski definition) is 5. The number of amides is 1. The maximum Gasteiger partial charge on any atom is 0.329 e. The van der Waals surface area contributed by atoms with Crippen LogP contribution in [0.4, 0.5) is 5.95 Å². The zero-order valence-corrected chi connectivity index (χ0v) is 17.9. The van der Waals surface area contributed by atoms with Gasteiger partial charge in [-0.25, -0.2) is 14.8 Å². The highest BCUT2D eigenvalue weighted by Crippen LogP contribution is 2.28. The molecule has 0 aliphatic rings. The summed E-state index contributed by atoms with van der Waals surface area (Å²) in [6, 6.07) is 9.10. The van der Waals surface area contributed by atoms with Gasteiger partial charge in [0, 0.05) is 18.3 Å². The van der Waals surface area contributed by atoms with Gasteiger partial charge in [0.2, 0.25) is 5.95 Å². The second-order valence-electron chi connectivity index (χ2n) is 8.39. The van der Waals surface area contributed by atoms with Crippen molar-refractivity contribution in [2.75, 3.05) is 5.32 Å². The maximum absolute atomic E-state index is 13.0. The van der Waals surface area contributed by atoms with Crippen LogP contribution in [0.3, 0.4) is 0 Å². The Bertz CT molecular complexity index is 1420. The van der Waals surface area contributed by atoms with E-state index in [1.165, 1.54) is 16.8 Å². The average molecular weight is 420 g/mol. The highest BCUT2D eigenvalue weighted by Gasteiger charge is 2.23. The topological polar surface area (TPSA) is 115 Å². The quantitative estimate of drug-likeness (QED) is 0.527. The highest BCUT2D eigenvalue weighted by atomic mass is 16.2. The van der Waals surface area contributed by atoms with E-state index in [1.807, 2.05) is 56.5 Å². The summed E-state index contributed by atoms with van der Waals surface area (Å²) in [4.78, 5) is 48.6. The number of H-pyrrole nitrogens is 1. The number of pyridine rings is 1. The number of nitrogens with one attached hydrogen (secondary N) is 2. The van der Waals surface area contributed by atoms with E-state index in [-0.39, 0.29) is 22.1 Å². The minimum atomic E-state index is -0.573. The van der Waals surface area contributed by atoms with Gasteiger partial charge >= 0.3 is 5.69 Å². The Morgan fingerprint density at radius 2 is 1.94 bits per heavy atom. The van der Waals surface area contributed by atoms with E-state index in [0.717, 1.165) is 11.0 Å². The Hall–Kier alpha value is -3.75. The molecule has 0 saturated heterocycles. The molecule has 0 aliphatic heterocycles. The summed E-state index contributed by atoms with van der Waals surface area (Å²) >= 11 is 0. The molecule has 0 spiro atoms. The van der Waals surface area contributed by atoms with E-state index in [0.29, 0.717) is 18.9 Å². The van der Waals surface area contributed by atoms with E-state index in [2.05, 4.69) is 20.3 Å². The van der Waals surface area contributed by atoms with Gasteiger partial charge in [0.25, 0.3) is 11.5 Å². The predicted molar refractivity (Wildman–Crippen MR) is 120 cm³/mol. The van der Waals surface area contributed by atoms with Gasteiger partial charge < -0.3 is 4.57 Å². The zero-order chi connectivity index (χ0) is 22.3. The number of fused-ring (bicyclic) bond motifs is 2. The molecule has 9 nitrogen and oxygen atoms in total. The van der Waals surface area contributed by atoms with E-state index in [1.54, 1.807) is 0 Å². The lowest BCUT2D eigenvalue weighted by molar-refractivity contribution is 0.102. The van der Waals surface area contributed by atoms with E-state index in [9.17, 15) is 14.4 Å². The zero-order valence-electron chi connectivity index (χ0n) is 17.9. The lowest BCUT2D eigenvalue weighted by atomic mass is 10.1. The molecule has 2 N–H and O–H groups in total. The van der Waals surface area contributed by atoms with Crippen molar-refractivity contribution in [3.8, 4) is 0 Å². The molecular formula is C22H24N6O3. The minimum Gasteiger partial charge on any atom is -0.305 e.